The lowest BCUT2D eigenvalue weighted by Crippen LogP contribution is -2.31. The van der Waals surface area contributed by atoms with E-state index in [1.807, 2.05) is 12.3 Å². The maximum atomic E-state index is 4.80. The zero-order chi connectivity index (χ0) is 23.5. The van der Waals surface area contributed by atoms with Crippen LogP contribution in [0.25, 0.3) is 10.6 Å². The fourth-order valence-electron chi connectivity index (χ4n) is 5.38. The summed E-state index contributed by atoms with van der Waals surface area (Å²) >= 11 is 1.69. The third-order valence-electron chi connectivity index (χ3n) is 7.43. The molecular formula is C27H36N6S. The van der Waals surface area contributed by atoms with E-state index in [0.29, 0.717) is 17.9 Å². The second-order valence-corrected chi connectivity index (χ2v) is 11.0. The van der Waals surface area contributed by atoms with Crippen LogP contribution in [0.4, 0.5) is 16.8 Å². The van der Waals surface area contributed by atoms with Crippen molar-refractivity contribution in [3.8, 4) is 10.6 Å². The molecule has 7 heteroatoms. The van der Waals surface area contributed by atoms with Crippen LogP contribution in [0.15, 0.2) is 36.5 Å². The molecule has 0 atom stereocenters. The minimum atomic E-state index is 0.562. The van der Waals surface area contributed by atoms with Gasteiger partial charge in [-0.2, -0.15) is 0 Å². The summed E-state index contributed by atoms with van der Waals surface area (Å²) in [6.07, 6.45) is 12.0. The van der Waals surface area contributed by atoms with Gasteiger partial charge in [0.1, 0.15) is 0 Å². The first-order valence-electron chi connectivity index (χ1n) is 12.7. The predicted molar refractivity (Wildman–Crippen MR) is 142 cm³/mol. The van der Waals surface area contributed by atoms with E-state index in [9.17, 15) is 0 Å². The first kappa shape index (κ1) is 23.2. The molecule has 0 saturated heterocycles. The molecule has 0 bridgehead atoms. The van der Waals surface area contributed by atoms with Crippen molar-refractivity contribution in [2.75, 3.05) is 24.7 Å². The number of hydrogen-bond donors (Lipinski definition) is 2. The molecule has 0 aliphatic heterocycles. The molecule has 0 unspecified atom stereocenters. The number of nitrogens with one attached hydrogen (secondary N) is 2. The Bertz CT molecular complexity index is 1080. The van der Waals surface area contributed by atoms with Gasteiger partial charge >= 0.3 is 0 Å². The van der Waals surface area contributed by atoms with Gasteiger partial charge in [0, 0.05) is 24.0 Å². The Kier molecular flexibility index (Phi) is 7.11. The topological polar surface area (TPSA) is 66.0 Å². The number of aryl methyl sites for hydroxylation is 1. The molecule has 0 spiro atoms. The van der Waals surface area contributed by atoms with Crippen molar-refractivity contribution in [3.05, 3.63) is 47.8 Å². The quantitative estimate of drug-likeness (QED) is 0.401. The molecule has 34 heavy (non-hydrogen) atoms. The van der Waals surface area contributed by atoms with Crippen LogP contribution in [0.5, 0.6) is 0 Å². The van der Waals surface area contributed by atoms with Gasteiger partial charge in [-0.05, 0) is 89.2 Å². The summed E-state index contributed by atoms with van der Waals surface area (Å²) in [7, 11) is 4.40. The van der Waals surface area contributed by atoms with E-state index in [4.69, 9.17) is 9.97 Å². The molecule has 2 aliphatic rings. The third kappa shape index (κ3) is 5.41. The molecule has 6 nitrogen and oxygen atoms in total. The Morgan fingerprint density at radius 1 is 0.912 bits per heavy atom. The summed E-state index contributed by atoms with van der Waals surface area (Å²) in [4.78, 5) is 17.5. The number of anilines is 3. The molecule has 2 fully saturated rings. The van der Waals surface area contributed by atoms with Gasteiger partial charge in [-0.25, -0.2) is 15.0 Å². The number of hydrogen-bond acceptors (Lipinski definition) is 7. The van der Waals surface area contributed by atoms with Gasteiger partial charge in [-0.15, -0.1) is 0 Å². The summed E-state index contributed by atoms with van der Waals surface area (Å²) in [5, 5.41) is 8.01. The smallest absolute Gasteiger partial charge is 0.227 e. The monoisotopic (exact) mass is 476 g/mol. The Morgan fingerprint density at radius 2 is 1.65 bits per heavy atom. The summed E-state index contributed by atoms with van der Waals surface area (Å²) in [5.41, 5.74) is 4.40. The number of thiazole rings is 1. The van der Waals surface area contributed by atoms with Crippen molar-refractivity contribution in [1.82, 2.24) is 19.9 Å². The Labute approximate surface area is 207 Å². The molecule has 3 aromatic rings. The highest BCUT2D eigenvalue weighted by Gasteiger charge is 2.23. The van der Waals surface area contributed by atoms with E-state index in [1.54, 1.807) is 11.3 Å². The molecule has 5 rings (SSSR count). The van der Waals surface area contributed by atoms with Crippen LogP contribution < -0.4 is 10.6 Å². The fraction of sp³-hybridized carbons (Fsp3) is 0.519. The van der Waals surface area contributed by atoms with Gasteiger partial charge in [0.25, 0.3) is 0 Å². The highest BCUT2D eigenvalue weighted by atomic mass is 32.1. The maximum absolute atomic E-state index is 4.80. The van der Waals surface area contributed by atoms with Gasteiger partial charge in [0.2, 0.25) is 5.95 Å². The van der Waals surface area contributed by atoms with Crippen LogP contribution in [0.2, 0.25) is 0 Å². The van der Waals surface area contributed by atoms with Gasteiger partial charge in [0.15, 0.2) is 5.13 Å². The van der Waals surface area contributed by atoms with Crippen LogP contribution in [0.1, 0.15) is 68.5 Å². The maximum Gasteiger partial charge on any atom is 0.227 e. The summed E-state index contributed by atoms with van der Waals surface area (Å²) < 4.78 is 0. The number of aromatic nitrogens is 3. The van der Waals surface area contributed by atoms with E-state index in [0.717, 1.165) is 33.1 Å². The molecule has 1 aromatic carbocycles. The first-order chi connectivity index (χ1) is 16.5. The SMILES string of the molecule is Cc1nc(NC2CCCC2)sc1-c1ccnc(Nc2ccc(C3CCC(N(C)C)CC3)cc2)n1. The van der Waals surface area contributed by atoms with Gasteiger partial charge < -0.3 is 15.5 Å². The molecule has 2 aromatic heterocycles. The van der Waals surface area contributed by atoms with Gasteiger partial charge in [-0.3, -0.25) is 0 Å². The zero-order valence-corrected chi connectivity index (χ0v) is 21.4. The third-order valence-corrected chi connectivity index (χ3v) is 8.54. The van der Waals surface area contributed by atoms with Crippen molar-refractivity contribution >= 4 is 28.1 Å². The van der Waals surface area contributed by atoms with Crippen molar-refractivity contribution < 1.29 is 0 Å². The Balaban J connectivity index is 1.23. The summed E-state index contributed by atoms with van der Waals surface area (Å²) in [6, 6.07) is 12.1. The molecule has 2 heterocycles. The minimum Gasteiger partial charge on any atom is -0.359 e. The lowest BCUT2D eigenvalue weighted by molar-refractivity contribution is 0.216. The largest absolute Gasteiger partial charge is 0.359 e. The van der Waals surface area contributed by atoms with E-state index in [1.165, 1.54) is 56.9 Å². The molecule has 180 valence electrons. The summed E-state index contributed by atoms with van der Waals surface area (Å²) in [5.74, 6) is 1.29. The Morgan fingerprint density at radius 3 is 2.35 bits per heavy atom. The van der Waals surface area contributed by atoms with Crippen LogP contribution in [0, 0.1) is 6.92 Å². The van der Waals surface area contributed by atoms with Gasteiger partial charge in [-0.1, -0.05) is 36.3 Å². The molecule has 2 saturated carbocycles. The van der Waals surface area contributed by atoms with Crippen molar-refractivity contribution in [2.45, 2.75) is 76.3 Å². The predicted octanol–water partition coefficient (Wildman–Crippen LogP) is 6.59. The molecule has 2 N–H and O–H groups in total. The molecule has 2 aliphatic carbocycles. The van der Waals surface area contributed by atoms with E-state index in [-0.39, 0.29) is 0 Å². The standard InChI is InChI=1S/C27H36N6S/c1-18-25(34-27(29-18)31-21-6-4-5-7-21)24-16-17-28-26(32-24)30-22-12-8-19(9-13-22)20-10-14-23(15-11-20)33(2)3/h8-9,12-13,16-17,20-21,23H,4-7,10-11,14-15H2,1-3H3,(H,29,31)(H,28,30,32). The van der Waals surface area contributed by atoms with Crippen LogP contribution in [-0.4, -0.2) is 46.0 Å². The molecular weight excluding hydrogens is 440 g/mol. The zero-order valence-electron chi connectivity index (χ0n) is 20.6. The van der Waals surface area contributed by atoms with Crippen molar-refractivity contribution in [2.24, 2.45) is 0 Å². The van der Waals surface area contributed by atoms with Crippen LogP contribution in [-0.2, 0) is 0 Å². The summed E-state index contributed by atoms with van der Waals surface area (Å²) in [6.45, 7) is 2.06. The lowest BCUT2D eigenvalue weighted by atomic mass is 9.81. The number of benzene rings is 1. The van der Waals surface area contributed by atoms with E-state index in [2.05, 4.69) is 65.8 Å². The normalized spacial score (nSPS) is 21.2. The van der Waals surface area contributed by atoms with Crippen molar-refractivity contribution in [3.63, 3.8) is 0 Å². The molecule has 0 radical (unpaired) electrons. The van der Waals surface area contributed by atoms with E-state index < -0.39 is 0 Å². The second-order valence-electron chi connectivity index (χ2n) is 10.0. The van der Waals surface area contributed by atoms with E-state index >= 15 is 0 Å². The molecule has 0 amide bonds. The van der Waals surface area contributed by atoms with Gasteiger partial charge in [0.05, 0.1) is 16.3 Å². The minimum absolute atomic E-state index is 0.562. The van der Waals surface area contributed by atoms with Crippen LogP contribution >= 0.6 is 11.3 Å². The number of rotatable bonds is 7. The first-order valence-corrected chi connectivity index (χ1v) is 13.5. The average Bonchev–Trinajstić information content (AvgIpc) is 3.49. The lowest BCUT2D eigenvalue weighted by Gasteiger charge is -2.32. The Hall–Kier alpha value is -2.51. The fourth-order valence-corrected chi connectivity index (χ4v) is 6.39. The highest BCUT2D eigenvalue weighted by Crippen LogP contribution is 2.36. The average molecular weight is 477 g/mol. The number of nitrogens with zero attached hydrogens (tertiary/aromatic N) is 4. The van der Waals surface area contributed by atoms with Crippen molar-refractivity contribution in [1.29, 1.82) is 0 Å². The van der Waals surface area contributed by atoms with Crippen LogP contribution in [0.3, 0.4) is 0 Å². The second kappa shape index (κ2) is 10.4. The highest BCUT2D eigenvalue weighted by molar-refractivity contribution is 7.19.